The SMILES string of the molecule is C=C/C=C(/C)C(=N)c1ccc(C2(C)C=NNC2OC)cc1.CC1CC=C(OCCN2CCC(F)(F)C2)C=C1N.[HH]. The van der Waals surface area contributed by atoms with E-state index in [1.165, 1.54) is 0 Å². The van der Waals surface area contributed by atoms with Crippen LogP contribution in [0.25, 0.3) is 0 Å². The zero-order valence-electron chi connectivity index (χ0n) is 23.3. The average Bonchev–Trinajstić information content (AvgIpc) is 3.47. The number of hydrazone groups is 1. The van der Waals surface area contributed by atoms with Crippen LogP contribution in [-0.4, -0.2) is 62.3 Å². The second-order valence-electron chi connectivity index (χ2n) is 10.4. The third-order valence-electron chi connectivity index (χ3n) is 7.34. The van der Waals surface area contributed by atoms with Crippen LogP contribution in [0.5, 0.6) is 0 Å². The standard InChI is InChI=1S/C17H21N3O.C13H20F2N2O.H2/c1-5-6-12(2)15(18)13-7-9-14(10-8-13)17(3)11-19-20-16(17)21-4;1-10-2-3-11(8-12(10)16)18-7-6-17-5-4-13(14,15)9-17;/h5-11,16,18,20H,1H2,2-4H3;3,8,10H,2,4-7,9,16H2,1H3;1H/b12-6-,18-15?;;. The maximum Gasteiger partial charge on any atom is 0.261 e. The van der Waals surface area contributed by atoms with Gasteiger partial charge in [0.1, 0.15) is 12.4 Å². The lowest BCUT2D eigenvalue weighted by molar-refractivity contribution is 0.0105. The van der Waals surface area contributed by atoms with Crippen LogP contribution in [-0.2, 0) is 14.9 Å². The molecule has 1 aliphatic carbocycles. The van der Waals surface area contributed by atoms with E-state index in [1.54, 1.807) is 18.1 Å². The highest BCUT2D eigenvalue weighted by atomic mass is 19.3. The normalized spacial score (nSPS) is 26.2. The molecule has 2 heterocycles. The van der Waals surface area contributed by atoms with Crippen LogP contribution in [0, 0.1) is 11.3 Å². The lowest BCUT2D eigenvalue weighted by atomic mass is 9.82. The Balaban J connectivity index is 0.000000276. The van der Waals surface area contributed by atoms with Gasteiger partial charge in [-0.1, -0.05) is 49.9 Å². The number of methoxy groups -OCH3 is 1. The van der Waals surface area contributed by atoms with Gasteiger partial charge in [-0.2, -0.15) is 5.10 Å². The first-order valence-corrected chi connectivity index (χ1v) is 13.2. The summed E-state index contributed by atoms with van der Waals surface area (Å²) in [7, 11) is 1.66. The van der Waals surface area contributed by atoms with Crippen molar-refractivity contribution in [2.24, 2.45) is 16.8 Å². The molecular formula is C30H43F2N5O2. The minimum Gasteiger partial charge on any atom is -0.493 e. The Morgan fingerprint density at radius 1 is 1.36 bits per heavy atom. The number of hydrogen-bond donors (Lipinski definition) is 3. The van der Waals surface area contributed by atoms with Crippen LogP contribution in [0.3, 0.4) is 0 Å². The van der Waals surface area contributed by atoms with Gasteiger partial charge in [0.2, 0.25) is 0 Å². The second kappa shape index (κ2) is 13.2. The molecule has 0 saturated carbocycles. The molecule has 0 radical (unpaired) electrons. The minimum absolute atomic E-state index is 0. The van der Waals surface area contributed by atoms with Crippen LogP contribution in [0.15, 0.2) is 77.3 Å². The molecule has 1 saturated heterocycles. The van der Waals surface area contributed by atoms with Crippen LogP contribution >= 0.6 is 0 Å². The van der Waals surface area contributed by atoms with Gasteiger partial charge in [-0.25, -0.2) is 8.78 Å². The summed E-state index contributed by atoms with van der Waals surface area (Å²) in [4.78, 5) is 1.74. The molecule has 0 bridgehead atoms. The smallest absolute Gasteiger partial charge is 0.261 e. The van der Waals surface area contributed by atoms with E-state index < -0.39 is 5.92 Å². The fourth-order valence-electron chi connectivity index (χ4n) is 4.63. The summed E-state index contributed by atoms with van der Waals surface area (Å²) in [5.41, 5.74) is 12.7. The number of hydrogen-bond acceptors (Lipinski definition) is 7. The van der Waals surface area contributed by atoms with Gasteiger partial charge in [-0.3, -0.25) is 15.7 Å². The van der Waals surface area contributed by atoms with Crippen molar-refractivity contribution in [2.45, 2.75) is 51.2 Å². The molecule has 1 aromatic carbocycles. The summed E-state index contributed by atoms with van der Waals surface area (Å²) in [6, 6.07) is 7.97. The fraction of sp³-hybridized carbons (Fsp3) is 0.467. The van der Waals surface area contributed by atoms with Crippen molar-refractivity contribution in [2.75, 3.05) is 33.4 Å². The van der Waals surface area contributed by atoms with E-state index in [9.17, 15) is 8.78 Å². The molecular weight excluding hydrogens is 500 g/mol. The van der Waals surface area contributed by atoms with Crippen molar-refractivity contribution >= 4 is 11.9 Å². The molecule has 0 aromatic heterocycles. The van der Waals surface area contributed by atoms with Gasteiger partial charge < -0.3 is 15.2 Å². The Morgan fingerprint density at radius 3 is 2.67 bits per heavy atom. The van der Waals surface area contributed by atoms with Crippen molar-refractivity contribution in [3.05, 3.63) is 83.3 Å². The van der Waals surface area contributed by atoms with E-state index in [0.29, 0.717) is 31.3 Å². The molecule has 3 unspecified atom stereocenters. The lowest BCUT2D eigenvalue weighted by Crippen LogP contribution is -2.41. The largest absolute Gasteiger partial charge is 0.493 e. The average molecular weight is 544 g/mol. The monoisotopic (exact) mass is 543 g/mol. The second-order valence-corrected chi connectivity index (χ2v) is 10.4. The number of nitrogens with one attached hydrogen (secondary N) is 2. The quantitative estimate of drug-likeness (QED) is 0.288. The van der Waals surface area contributed by atoms with E-state index in [1.807, 2.05) is 55.6 Å². The highest BCUT2D eigenvalue weighted by Gasteiger charge is 2.39. The van der Waals surface area contributed by atoms with Gasteiger partial charge in [-0.05, 0) is 55.0 Å². The summed E-state index contributed by atoms with van der Waals surface area (Å²) >= 11 is 0. The van der Waals surface area contributed by atoms with Gasteiger partial charge in [0.15, 0.2) is 6.23 Å². The van der Waals surface area contributed by atoms with E-state index in [4.69, 9.17) is 20.6 Å². The number of nitrogens with two attached hydrogens (primary N) is 1. The van der Waals surface area contributed by atoms with Crippen LogP contribution in [0.2, 0.25) is 0 Å². The zero-order chi connectivity index (χ0) is 28.6. The molecule has 3 atom stereocenters. The van der Waals surface area contributed by atoms with Crippen molar-refractivity contribution in [1.82, 2.24) is 10.3 Å². The molecule has 9 heteroatoms. The summed E-state index contributed by atoms with van der Waals surface area (Å²) < 4.78 is 36.9. The predicted octanol–water partition coefficient (Wildman–Crippen LogP) is 5.36. The summed E-state index contributed by atoms with van der Waals surface area (Å²) in [6.45, 7) is 11.0. The van der Waals surface area contributed by atoms with E-state index in [2.05, 4.69) is 31.0 Å². The molecule has 1 aromatic rings. The number of halogens is 2. The molecule has 39 heavy (non-hydrogen) atoms. The third-order valence-corrected chi connectivity index (χ3v) is 7.34. The highest BCUT2D eigenvalue weighted by Crippen LogP contribution is 2.30. The van der Waals surface area contributed by atoms with Gasteiger partial charge in [-0.15, -0.1) is 0 Å². The summed E-state index contributed by atoms with van der Waals surface area (Å²) in [5, 5.41) is 12.3. The molecule has 0 spiro atoms. The predicted molar refractivity (Wildman–Crippen MR) is 155 cm³/mol. The molecule has 4 N–H and O–H groups in total. The van der Waals surface area contributed by atoms with Crippen LogP contribution in [0.1, 0.15) is 46.2 Å². The van der Waals surface area contributed by atoms with Gasteiger partial charge >= 0.3 is 0 Å². The molecule has 214 valence electrons. The number of rotatable bonds is 9. The first-order chi connectivity index (χ1) is 18.5. The van der Waals surface area contributed by atoms with E-state index in [0.717, 1.165) is 34.6 Å². The van der Waals surface area contributed by atoms with Gasteiger partial charge in [0, 0.05) is 40.0 Å². The number of alkyl halides is 2. The van der Waals surface area contributed by atoms with Gasteiger partial charge in [0.25, 0.3) is 5.92 Å². The Bertz CT molecular complexity index is 1150. The highest BCUT2D eigenvalue weighted by molar-refractivity contribution is 6.10. The number of benzene rings is 1. The van der Waals surface area contributed by atoms with Crippen molar-refractivity contribution < 1.29 is 19.7 Å². The Kier molecular flexibility index (Phi) is 10.2. The Labute approximate surface area is 232 Å². The minimum atomic E-state index is -2.52. The zero-order valence-corrected chi connectivity index (χ0v) is 23.3. The maximum atomic E-state index is 13.0. The third kappa shape index (κ3) is 7.86. The molecule has 3 aliphatic rings. The first kappa shape index (κ1) is 30.2. The molecule has 1 fully saturated rings. The number of likely N-dealkylation sites (tertiary alicyclic amines) is 1. The molecule has 0 amide bonds. The van der Waals surface area contributed by atoms with Crippen LogP contribution < -0.4 is 11.2 Å². The first-order valence-electron chi connectivity index (χ1n) is 13.2. The summed E-state index contributed by atoms with van der Waals surface area (Å²) in [5.74, 6) is -1.41. The molecule has 7 nitrogen and oxygen atoms in total. The molecule has 2 aliphatic heterocycles. The van der Waals surface area contributed by atoms with Crippen molar-refractivity contribution in [3.63, 3.8) is 0 Å². The fourth-order valence-corrected chi connectivity index (χ4v) is 4.63. The number of allylic oxidation sites excluding steroid dienone is 6. The van der Waals surface area contributed by atoms with Gasteiger partial charge in [0.05, 0.1) is 17.7 Å². The van der Waals surface area contributed by atoms with Crippen LogP contribution in [0.4, 0.5) is 8.78 Å². The lowest BCUT2D eigenvalue weighted by Gasteiger charge is -2.28. The van der Waals surface area contributed by atoms with E-state index >= 15 is 0 Å². The Hall–Kier alpha value is -3.30. The molecule has 4 rings (SSSR count). The van der Waals surface area contributed by atoms with Crippen molar-refractivity contribution in [1.29, 1.82) is 5.41 Å². The van der Waals surface area contributed by atoms with Crippen molar-refractivity contribution in [3.8, 4) is 0 Å². The maximum absolute atomic E-state index is 13.0. The van der Waals surface area contributed by atoms with E-state index in [-0.39, 0.29) is 26.0 Å². The number of nitrogens with zero attached hydrogens (tertiary/aromatic N) is 2. The Morgan fingerprint density at radius 2 is 2.08 bits per heavy atom. The number of ether oxygens (including phenoxy) is 2. The summed E-state index contributed by atoms with van der Waals surface area (Å²) in [6.07, 6.45) is 9.89. The topological polar surface area (TPSA) is 96.0 Å².